The minimum absolute atomic E-state index is 0.0970. The van der Waals surface area contributed by atoms with E-state index in [0.717, 1.165) is 0 Å². The number of nitrogens with one attached hydrogen (secondary N) is 2. The Morgan fingerprint density at radius 1 is 1.11 bits per heavy atom. The molecule has 106 valence electrons. The summed E-state index contributed by atoms with van der Waals surface area (Å²) in [7, 11) is 0. The maximum absolute atomic E-state index is 11.6. The molecule has 0 unspecified atom stereocenters. The molecule has 0 heterocycles. The van der Waals surface area contributed by atoms with Crippen LogP contribution in [0, 0.1) is 5.41 Å². The smallest absolute Gasteiger partial charge is 0.322 e. The summed E-state index contributed by atoms with van der Waals surface area (Å²) in [6.45, 7) is 11.7. The van der Waals surface area contributed by atoms with Gasteiger partial charge in [0.25, 0.3) is 0 Å². The van der Waals surface area contributed by atoms with Crippen molar-refractivity contribution in [2.75, 3.05) is 6.54 Å². The molecular weight excluding hydrogens is 232 g/mol. The van der Waals surface area contributed by atoms with Gasteiger partial charge in [-0.3, -0.25) is 14.9 Å². The molecule has 0 bridgehead atoms. The highest BCUT2D eigenvalue weighted by atomic mass is 16.4. The van der Waals surface area contributed by atoms with Crippen molar-refractivity contribution in [1.82, 2.24) is 10.6 Å². The summed E-state index contributed by atoms with van der Waals surface area (Å²) < 4.78 is 0. The summed E-state index contributed by atoms with van der Waals surface area (Å²) in [5.74, 6) is -1.08. The van der Waals surface area contributed by atoms with Crippen molar-refractivity contribution in [2.24, 2.45) is 5.41 Å². The van der Waals surface area contributed by atoms with E-state index in [1.807, 2.05) is 41.5 Å². The molecule has 0 rings (SSSR count). The molecule has 0 aromatic carbocycles. The molecule has 0 spiro atoms. The van der Waals surface area contributed by atoms with Crippen LogP contribution in [0.3, 0.4) is 0 Å². The average Bonchev–Trinajstić information content (AvgIpc) is 2.06. The summed E-state index contributed by atoms with van der Waals surface area (Å²) in [6.07, 6.45) is 0.384. The van der Waals surface area contributed by atoms with E-state index in [4.69, 9.17) is 5.11 Å². The second-order valence-corrected chi connectivity index (χ2v) is 6.83. The van der Waals surface area contributed by atoms with Gasteiger partial charge in [0.2, 0.25) is 5.91 Å². The quantitative estimate of drug-likeness (QED) is 0.696. The van der Waals surface area contributed by atoms with Crippen LogP contribution in [0.5, 0.6) is 0 Å². The van der Waals surface area contributed by atoms with Crippen LogP contribution in [-0.2, 0) is 9.59 Å². The molecular formula is C13H26N2O3. The first-order valence-corrected chi connectivity index (χ1v) is 6.18. The zero-order chi connectivity index (χ0) is 14.6. The van der Waals surface area contributed by atoms with E-state index < -0.39 is 12.0 Å². The van der Waals surface area contributed by atoms with Gasteiger partial charge in [-0.25, -0.2) is 0 Å². The summed E-state index contributed by atoms with van der Waals surface area (Å²) in [6, 6.07) is -0.770. The SMILES string of the molecule is CC(C)(C)CC(=O)NC[C@H](NC(C)(C)C)C(=O)O. The first kappa shape index (κ1) is 16.9. The van der Waals surface area contributed by atoms with Crippen LogP contribution in [-0.4, -0.2) is 35.1 Å². The minimum Gasteiger partial charge on any atom is -0.480 e. The molecule has 0 fully saturated rings. The van der Waals surface area contributed by atoms with Crippen LogP contribution in [0.4, 0.5) is 0 Å². The molecule has 0 aliphatic carbocycles. The highest BCUT2D eigenvalue weighted by Gasteiger charge is 2.24. The molecule has 0 aromatic rings. The van der Waals surface area contributed by atoms with Gasteiger partial charge in [-0.05, 0) is 26.2 Å². The molecule has 0 aromatic heterocycles. The summed E-state index contributed by atoms with van der Waals surface area (Å²) in [5.41, 5.74) is -0.405. The van der Waals surface area contributed by atoms with Gasteiger partial charge in [-0.15, -0.1) is 0 Å². The molecule has 3 N–H and O–H groups in total. The van der Waals surface area contributed by atoms with Crippen LogP contribution in [0.15, 0.2) is 0 Å². The van der Waals surface area contributed by atoms with Gasteiger partial charge in [0.1, 0.15) is 6.04 Å². The maximum Gasteiger partial charge on any atom is 0.322 e. The highest BCUT2D eigenvalue weighted by molar-refractivity contribution is 5.79. The van der Waals surface area contributed by atoms with Gasteiger partial charge >= 0.3 is 5.97 Å². The Morgan fingerprint density at radius 3 is 1.94 bits per heavy atom. The Balaban J connectivity index is 4.29. The Kier molecular flexibility index (Phi) is 5.80. The lowest BCUT2D eigenvalue weighted by molar-refractivity contribution is -0.140. The van der Waals surface area contributed by atoms with Gasteiger partial charge < -0.3 is 10.4 Å². The van der Waals surface area contributed by atoms with E-state index in [9.17, 15) is 9.59 Å². The average molecular weight is 258 g/mol. The van der Waals surface area contributed by atoms with Crippen molar-refractivity contribution in [1.29, 1.82) is 0 Å². The fraction of sp³-hybridized carbons (Fsp3) is 0.846. The normalized spacial score (nSPS) is 14.1. The number of hydrogen-bond donors (Lipinski definition) is 3. The lowest BCUT2D eigenvalue weighted by Crippen LogP contribution is -2.53. The Bertz CT molecular complexity index is 300. The number of carbonyl (C=O) groups excluding carboxylic acids is 1. The van der Waals surface area contributed by atoms with Gasteiger partial charge in [0.15, 0.2) is 0 Å². The Hall–Kier alpha value is -1.10. The number of aliphatic carboxylic acids is 1. The minimum atomic E-state index is -0.957. The first-order chi connectivity index (χ1) is 7.91. The van der Waals surface area contributed by atoms with E-state index in [2.05, 4.69) is 10.6 Å². The van der Waals surface area contributed by atoms with Crippen molar-refractivity contribution in [3.05, 3.63) is 0 Å². The summed E-state index contributed by atoms with van der Waals surface area (Å²) in [5, 5.41) is 14.7. The lowest BCUT2D eigenvalue weighted by Gasteiger charge is -2.26. The molecule has 1 amide bonds. The third-order valence-electron chi connectivity index (χ3n) is 2.10. The number of carboxylic acids is 1. The van der Waals surface area contributed by atoms with Gasteiger partial charge in [0, 0.05) is 18.5 Å². The van der Waals surface area contributed by atoms with Crippen LogP contribution in [0.25, 0.3) is 0 Å². The highest BCUT2D eigenvalue weighted by Crippen LogP contribution is 2.17. The maximum atomic E-state index is 11.6. The molecule has 1 atom stereocenters. The Labute approximate surface area is 109 Å². The van der Waals surface area contributed by atoms with E-state index in [0.29, 0.717) is 6.42 Å². The number of rotatable bonds is 5. The largest absolute Gasteiger partial charge is 0.480 e. The molecule has 5 heteroatoms. The molecule has 0 aliphatic rings. The fourth-order valence-electron chi connectivity index (χ4n) is 1.48. The number of carboxylic acid groups (broad SMARTS) is 1. The van der Waals surface area contributed by atoms with E-state index in [-0.39, 0.29) is 23.4 Å². The second-order valence-electron chi connectivity index (χ2n) is 6.83. The number of carbonyl (C=O) groups is 2. The molecule has 0 saturated carbocycles. The lowest BCUT2D eigenvalue weighted by atomic mass is 9.92. The molecule has 0 saturated heterocycles. The number of amides is 1. The van der Waals surface area contributed by atoms with E-state index in [1.165, 1.54) is 0 Å². The summed E-state index contributed by atoms with van der Waals surface area (Å²) in [4.78, 5) is 22.7. The predicted octanol–water partition coefficient (Wildman–Crippen LogP) is 1.38. The number of hydrogen-bond acceptors (Lipinski definition) is 3. The zero-order valence-electron chi connectivity index (χ0n) is 12.3. The molecule has 0 aliphatic heterocycles. The third kappa shape index (κ3) is 8.98. The van der Waals surface area contributed by atoms with Crippen molar-refractivity contribution in [2.45, 2.75) is 59.5 Å². The van der Waals surface area contributed by atoms with Crippen LogP contribution in [0.1, 0.15) is 48.0 Å². The monoisotopic (exact) mass is 258 g/mol. The van der Waals surface area contributed by atoms with Crippen molar-refractivity contribution < 1.29 is 14.7 Å². The standard InChI is InChI=1S/C13H26N2O3/c1-12(2,3)7-10(16)14-8-9(11(17)18)15-13(4,5)6/h9,15H,7-8H2,1-6H3,(H,14,16)(H,17,18)/t9-/m0/s1. The van der Waals surface area contributed by atoms with Crippen molar-refractivity contribution >= 4 is 11.9 Å². The topological polar surface area (TPSA) is 78.4 Å². The summed E-state index contributed by atoms with van der Waals surface area (Å²) >= 11 is 0. The zero-order valence-corrected chi connectivity index (χ0v) is 12.3. The van der Waals surface area contributed by atoms with Gasteiger partial charge in [-0.1, -0.05) is 20.8 Å². The van der Waals surface area contributed by atoms with Crippen LogP contribution >= 0.6 is 0 Å². The Morgan fingerprint density at radius 2 is 1.61 bits per heavy atom. The van der Waals surface area contributed by atoms with Crippen LogP contribution < -0.4 is 10.6 Å². The van der Waals surface area contributed by atoms with Crippen LogP contribution in [0.2, 0.25) is 0 Å². The van der Waals surface area contributed by atoms with Gasteiger partial charge in [0.05, 0.1) is 0 Å². The molecule has 18 heavy (non-hydrogen) atoms. The second kappa shape index (κ2) is 6.18. The van der Waals surface area contributed by atoms with Gasteiger partial charge in [-0.2, -0.15) is 0 Å². The predicted molar refractivity (Wildman–Crippen MR) is 71.4 cm³/mol. The first-order valence-electron chi connectivity index (χ1n) is 6.18. The van der Waals surface area contributed by atoms with E-state index >= 15 is 0 Å². The molecule has 0 radical (unpaired) electrons. The fourth-order valence-corrected chi connectivity index (χ4v) is 1.48. The van der Waals surface area contributed by atoms with Crippen molar-refractivity contribution in [3.8, 4) is 0 Å². The van der Waals surface area contributed by atoms with E-state index in [1.54, 1.807) is 0 Å². The van der Waals surface area contributed by atoms with Crippen molar-refractivity contribution in [3.63, 3.8) is 0 Å². The third-order valence-corrected chi connectivity index (χ3v) is 2.10. The molecule has 5 nitrogen and oxygen atoms in total.